The Labute approximate surface area is 139 Å². The lowest BCUT2D eigenvalue weighted by molar-refractivity contribution is -0.134. The van der Waals surface area contributed by atoms with Crippen molar-refractivity contribution in [2.24, 2.45) is 5.92 Å². The van der Waals surface area contributed by atoms with Crippen LogP contribution < -0.4 is 0 Å². The molecule has 1 aromatic rings. The van der Waals surface area contributed by atoms with Gasteiger partial charge in [0.1, 0.15) is 0 Å². The van der Waals surface area contributed by atoms with E-state index in [0.29, 0.717) is 11.9 Å². The molecule has 2 unspecified atom stereocenters. The molecule has 3 heteroatoms. The Hall–Kier alpha value is -1.61. The monoisotopic (exact) mass is 310 g/mol. The molecule has 0 aromatic heterocycles. The Morgan fingerprint density at radius 3 is 2.74 bits per heavy atom. The summed E-state index contributed by atoms with van der Waals surface area (Å²) in [6.07, 6.45) is 9.72. The fourth-order valence-electron chi connectivity index (χ4n) is 4.35. The Morgan fingerprint density at radius 2 is 1.91 bits per heavy atom. The second kappa shape index (κ2) is 6.48. The van der Waals surface area contributed by atoms with Crippen molar-refractivity contribution in [2.45, 2.75) is 44.7 Å². The molecule has 0 spiro atoms. The number of allylic oxidation sites excluding steroid dienone is 2. The standard InChI is InChI=1S/C20H26N2O/c23-20(17-7-2-1-3-8-17)22-13-11-19(15-22)21-12-10-16-6-4-5-9-18(16)14-21/h1-2,4-6,9,17,19H,3,7-8,10-15H2. The number of rotatable bonds is 2. The zero-order chi connectivity index (χ0) is 15.6. The molecule has 1 saturated heterocycles. The van der Waals surface area contributed by atoms with E-state index in [2.05, 4.69) is 46.2 Å². The van der Waals surface area contributed by atoms with Crippen LogP contribution in [0.15, 0.2) is 36.4 Å². The maximum absolute atomic E-state index is 12.7. The number of hydrogen-bond donors (Lipinski definition) is 0. The highest BCUT2D eigenvalue weighted by atomic mass is 16.2. The van der Waals surface area contributed by atoms with Crippen LogP contribution in [0.4, 0.5) is 0 Å². The molecule has 23 heavy (non-hydrogen) atoms. The number of nitrogens with zero attached hydrogens (tertiary/aromatic N) is 2. The van der Waals surface area contributed by atoms with E-state index in [1.54, 1.807) is 0 Å². The van der Waals surface area contributed by atoms with Gasteiger partial charge >= 0.3 is 0 Å². The zero-order valence-corrected chi connectivity index (χ0v) is 13.8. The lowest BCUT2D eigenvalue weighted by Crippen LogP contribution is -2.42. The minimum absolute atomic E-state index is 0.237. The first-order valence-electron chi connectivity index (χ1n) is 9.06. The van der Waals surface area contributed by atoms with Crippen LogP contribution in [0.25, 0.3) is 0 Å². The van der Waals surface area contributed by atoms with Crippen LogP contribution in [-0.4, -0.2) is 41.4 Å². The predicted molar refractivity (Wildman–Crippen MR) is 92.0 cm³/mol. The molecule has 1 aromatic carbocycles. The fraction of sp³-hybridized carbons (Fsp3) is 0.550. The van der Waals surface area contributed by atoms with Crippen molar-refractivity contribution in [1.82, 2.24) is 9.80 Å². The summed E-state index contributed by atoms with van der Waals surface area (Å²) in [5.41, 5.74) is 2.98. The van der Waals surface area contributed by atoms with Gasteiger partial charge in [0, 0.05) is 38.1 Å². The summed E-state index contributed by atoms with van der Waals surface area (Å²) in [5.74, 6) is 0.634. The Bertz CT molecular complexity index is 609. The smallest absolute Gasteiger partial charge is 0.226 e. The van der Waals surface area contributed by atoms with Crippen LogP contribution in [0, 0.1) is 5.92 Å². The highest BCUT2D eigenvalue weighted by Crippen LogP contribution is 2.27. The largest absolute Gasteiger partial charge is 0.341 e. The van der Waals surface area contributed by atoms with Gasteiger partial charge in [0.25, 0.3) is 0 Å². The molecule has 0 saturated carbocycles. The van der Waals surface area contributed by atoms with Gasteiger partial charge in [-0.15, -0.1) is 0 Å². The number of carbonyl (C=O) groups is 1. The minimum Gasteiger partial charge on any atom is -0.341 e. The van der Waals surface area contributed by atoms with Gasteiger partial charge < -0.3 is 4.90 Å². The molecule has 122 valence electrons. The van der Waals surface area contributed by atoms with Crippen LogP contribution in [0.1, 0.15) is 36.8 Å². The predicted octanol–water partition coefficient (Wildman–Crippen LogP) is 3.00. The van der Waals surface area contributed by atoms with Gasteiger partial charge in [-0.3, -0.25) is 9.69 Å². The highest BCUT2D eigenvalue weighted by molar-refractivity contribution is 5.79. The maximum Gasteiger partial charge on any atom is 0.226 e. The topological polar surface area (TPSA) is 23.6 Å². The number of hydrogen-bond acceptors (Lipinski definition) is 2. The number of carbonyl (C=O) groups excluding carboxylic acids is 1. The third kappa shape index (κ3) is 3.07. The molecule has 1 fully saturated rings. The Balaban J connectivity index is 1.37. The van der Waals surface area contributed by atoms with Crippen molar-refractivity contribution < 1.29 is 4.79 Å². The maximum atomic E-state index is 12.7. The molecular weight excluding hydrogens is 284 g/mol. The van der Waals surface area contributed by atoms with Crippen molar-refractivity contribution in [1.29, 1.82) is 0 Å². The average molecular weight is 310 g/mol. The first-order valence-corrected chi connectivity index (χ1v) is 9.06. The number of amides is 1. The summed E-state index contributed by atoms with van der Waals surface area (Å²) >= 11 is 0. The quantitative estimate of drug-likeness (QED) is 0.784. The summed E-state index contributed by atoms with van der Waals surface area (Å²) in [7, 11) is 0. The molecule has 2 atom stereocenters. The molecular formula is C20H26N2O. The van der Waals surface area contributed by atoms with E-state index >= 15 is 0 Å². The van der Waals surface area contributed by atoms with Gasteiger partial charge in [0.05, 0.1) is 0 Å². The molecule has 2 aliphatic heterocycles. The summed E-state index contributed by atoms with van der Waals surface area (Å²) in [4.78, 5) is 17.4. The fourth-order valence-corrected chi connectivity index (χ4v) is 4.35. The number of fused-ring (bicyclic) bond motifs is 1. The van der Waals surface area contributed by atoms with E-state index in [-0.39, 0.29) is 5.92 Å². The lowest BCUT2D eigenvalue weighted by atomic mass is 9.93. The van der Waals surface area contributed by atoms with Crippen molar-refractivity contribution in [2.75, 3.05) is 19.6 Å². The molecule has 3 aliphatic rings. The molecule has 1 amide bonds. The second-order valence-corrected chi connectivity index (χ2v) is 7.20. The number of benzene rings is 1. The van der Waals surface area contributed by atoms with E-state index in [1.807, 2.05) is 0 Å². The van der Waals surface area contributed by atoms with E-state index in [9.17, 15) is 4.79 Å². The van der Waals surface area contributed by atoms with Crippen LogP contribution in [0.5, 0.6) is 0 Å². The van der Waals surface area contributed by atoms with E-state index in [1.165, 1.54) is 11.1 Å². The summed E-state index contributed by atoms with van der Waals surface area (Å²) in [6, 6.07) is 9.35. The average Bonchev–Trinajstić information content (AvgIpc) is 3.11. The third-order valence-electron chi connectivity index (χ3n) is 5.77. The normalized spacial score (nSPS) is 27.9. The first-order chi connectivity index (χ1) is 11.3. The zero-order valence-electron chi connectivity index (χ0n) is 13.8. The van der Waals surface area contributed by atoms with E-state index < -0.39 is 0 Å². The summed E-state index contributed by atoms with van der Waals surface area (Å²) in [5, 5.41) is 0. The van der Waals surface area contributed by atoms with Gasteiger partial charge in [0.15, 0.2) is 0 Å². The summed E-state index contributed by atoms with van der Waals surface area (Å²) in [6.45, 7) is 4.06. The Kier molecular flexibility index (Phi) is 4.21. The lowest BCUT2D eigenvalue weighted by Gasteiger charge is -2.33. The molecule has 4 rings (SSSR count). The third-order valence-corrected chi connectivity index (χ3v) is 5.77. The van der Waals surface area contributed by atoms with Crippen molar-refractivity contribution >= 4 is 5.91 Å². The molecule has 0 radical (unpaired) electrons. The van der Waals surface area contributed by atoms with Crippen LogP contribution in [-0.2, 0) is 17.8 Å². The van der Waals surface area contributed by atoms with Crippen LogP contribution >= 0.6 is 0 Å². The second-order valence-electron chi connectivity index (χ2n) is 7.20. The molecule has 2 heterocycles. The Morgan fingerprint density at radius 1 is 1.04 bits per heavy atom. The SMILES string of the molecule is O=C(C1CC=CCC1)N1CCC(N2CCc3ccccc3C2)C1. The van der Waals surface area contributed by atoms with Crippen molar-refractivity contribution in [3.63, 3.8) is 0 Å². The van der Waals surface area contributed by atoms with Crippen LogP contribution in [0.3, 0.4) is 0 Å². The highest BCUT2D eigenvalue weighted by Gasteiger charge is 2.34. The minimum atomic E-state index is 0.237. The first kappa shape index (κ1) is 14.9. The molecule has 1 aliphatic carbocycles. The van der Waals surface area contributed by atoms with Gasteiger partial charge in [-0.1, -0.05) is 36.4 Å². The molecule has 0 N–H and O–H groups in total. The molecule has 0 bridgehead atoms. The van der Waals surface area contributed by atoms with Crippen LogP contribution in [0.2, 0.25) is 0 Å². The number of likely N-dealkylation sites (tertiary alicyclic amines) is 1. The van der Waals surface area contributed by atoms with E-state index in [4.69, 9.17) is 0 Å². The van der Waals surface area contributed by atoms with Gasteiger partial charge in [0.2, 0.25) is 5.91 Å². The van der Waals surface area contributed by atoms with Crippen molar-refractivity contribution in [3.05, 3.63) is 47.5 Å². The van der Waals surface area contributed by atoms with Gasteiger partial charge in [-0.25, -0.2) is 0 Å². The van der Waals surface area contributed by atoms with Gasteiger partial charge in [-0.05, 0) is 43.2 Å². The molecule has 3 nitrogen and oxygen atoms in total. The van der Waals surface area contributed by atoms with Crippen molar-refractivity contribution in [3.8, 4) is 0 Å². The van der Waals surface area contributed by atoms with E-state index in [0.717, 1.165) is 58.3 Å². The van der Waals surface area contributed by atoms with Gasteiger partial charge in [-0.2, -0.15) is 0 Å². The summed E-state index contributed by atoms with van der Waals surface area (Å²) < 4.78 is 0.